The molecule has 0 saturated carbocycles. The first-order valence-corrected chi connectivity index (χ1v) is 3.05. The van der Waals surface area contributed by atoms with Crippen molar-refractivity contribution in [3.05, 3.63) is 22.7 Å². The van der Waals surface area contributed by atoms with Crippen LogP contribution >= 0.6 is 15.9 Å². The number of aromatic nitrogens is 2. The fourth-order valence-electron chi connectivity index (χ4n) is 0.413. The summed E-state index contributed by atoms with van der Waals surface area (Å²) in [6.07, 6.45) is 3.57. The highest BCUT2D eigenvalue weighted by molar-refractivity contribution is 9.10. The van der Waals surface area contributed by atoms with Crippen LogP contribution in [0.4, 0.5) is 0 Å². The molecule has 0 aliphatic carbocycles. The molecule has 4 heteroatoms. The number of carbonyl (C=O) groups is 1. The molecule has 3 nitrogen and oxygen atoms in total. The summed E-state index contributed by atoms with van der Waals surface area (Å²) in [5.41, 5.74) is 0.337. The van der Waals surface area contributed by atoms with Gasteiger partial charge in [0.1, 0.15) is 10.3 Å². The lowest BCUT2D eigenvalue weighted by molar-refractivity contribution is 0.111. The Balaban J connectivity index is 3.07. The zero-order chi connectivity index (χ0) is 6.69. The molecule has 0 amide bonds. The molecule has 0 aliphatic rings. The molecule has 0 N–H and O–H groups in total. The molecule has 1 heterocycles. The second-order valence-electron chi connectivity index (χ2n) is 1.38. The summed E-state index contributed by atoms with van der Waals surface area (Å²) in [5.74, 6) is 0. The standard InChI is InChI=1S/C5H3BrN2O/c6-5-2-7-1-4(3-9)8-5/h1-3H. The van der Waals surface area contributed by atoms with E-state index in [9.17, 15) is 4.79 Å². The van der Waals surface area contributed by atoms with Gasteiger partial charge in [-0.2, -0.15) is 0 Å². The van der Waals surface area contributed by atoms with Crippen molar-refractivity contribution in [3.8, 4) is 0 Å². The van der Waals surface area contributed by atoms with Gasteiger partial charge in [0, 0.05) is 0 Å². The number of nitrogens with zero attached hydrogens (tertiary/aromatic N) is 2. The molecule has 0 unspecified atom stereocenters. The molecule has 0 saturated heterocycles. The highest BCUT2D eigenvalue weighted by Crippen LogP contribution is 2.01. The summed E-state index contributed by atoms with van der Waals surface area (Å²) in [7, 11) is 0. The minimum Gasteiger partial charge on any atom is -0.296 e. The molecule has 0 fully saturated rings. The van der Waals surface area contributed by atoms with Crippen molar-refractivity contribution >= 4 is 22.2 Å². The van der Waals surface area contributed by atoms with E-state index in [0.29, 0.717) is 16.6 Å². The van der Waals surface area contributed by atoms with E-state index in [1.807, 2.05) is 0 Å². The molecule has 0 aliphatic heterocycles. The fraction of sp³-hybridized carbons (Fsp3) is 0. The van der Waals surface area contributed by atoms with Crippen molar-refractivity contribution in [2.24, 2.45) is 0 Å². The van der Waals surface area contributed by atoms with Crippen molar-refractivity contribution in [2.75, 3.05) is 0 Å². The van der Waals surface area contributed by atoms with E-state index in [0.717, 1.165) is 0 Å². The van der Waals surface area contributed by atoms with Gasteiger partial charge in [0.25, 0.3) is 0 Å². The maximum atomic E-state index is 10.0. The van der Waals surface area contributed by atoms with Gasteiger partial charge < -0.3 is 0 Å². The molecule has 1 rings (SSSR count). The summed E-state index contributed by atoms with van der Waals surface area (Å²) in [4.78, 5) is 17.5. The highest BCUT2D eigenvalue weighted by Gasteiger charge is 1.90. The van der Waals surface area contributed by atoms with Crippen LogP contribution < -0.4 is 0 Å². The van der Waals surface area contributed by atoms with Crippen LogP contribution in [0.15, 0.2) is 17.0 Å². The molecular weight excluding hydrogens is 184 g/mol. The van der Waals surface area contributed by atoms with Crippen LogP contribution in [-0.4, -0.2) is 16.3 Å². The van der Waals surface area contributed by atoms with Crippen molar-refractivity contribution in [1.82, 2.24) is 9.97 Å². The summed E-state index contributed by atoms with van der Waals surface area (Å²) >= 11 is 3.07. The summed E-state index contributed by atoms with van der Waals surface area (Å²) in [6.45, 7) is 0. The quantitative estimate of drug-likeness (QED) is 0.617. The maximum absolute atomic E-state index is 10.0. The lowest BCUT2D eigenvalue weighted by Gasteiger charge is -1.87. The number of hydrogen-bond acceptors (Lipinski definition) is 3. The number of halogens is 1. The topological polar surface area (TPSA) is 42.9 Å². The predicted octanol–water partition coefficient (Wildman–Crippen LogP) is 1.05. The van der Waals surface area contributed by atoms with Crippen molar-refractivity contribution < 1.29 is 4.79 Å². The first kappa shape index (κ1) is 6.35. The average Bonchev–Trinajstić information content (AvgIpc) is 1.88. The average molecular weight is 187 g/mol. The van der Waals surface area contributed by atoms with Crippen LogP contribution in [-0.2, 0) is 0 Å². The molecular formula is C5H3BrN2O. The van der Waals surface area contributed by atoms with Gasteiger partial charge in [-0.3, -0.25) is 9.78 Å². The Morgan fingerprint density at radius 1 is 1.56 bits per heavy atom. The second-order valence-corrected chi connectivity index (χ2v) is 2.20. The largest absolute Gasteiger partial charge is 0.296 e. The number of hydrogen-bond donors (Lipinski definition) is 0. The highest BCUT2D eigenvalue weighted by atomic mass is 79.9. The van der Waals surface area contributed by atoms with Gasteiger partial charge in [-0.15, -0.1) is 0 Å². The Bertz CT molecular complexity index is 226. The van der Waals surface area contributed by atoms with Crippen molar-refractivity contribution in [1.29, 1.82) is 0 Å². The minimum atomic E-state index is 0.337. The SMILES string of the molecule is O=Cc1cncc(Br)n1. The summed E-state index contributed by atoms with van der Waals surface area (Å²) < 4.78 is 0.576. The number of aldehydes is 1. The van der Waals surface area contributed by atoms with E-state index >= 15 is 0 Å². The molecule has 46 valence electrons. The Hall–Kier alpha value is -0.770. The smallest absolute Gasteiger partial charge is 0.170 e. The fourth-order valence-corrected chi connectivity index (χ4v) is 0.736. The van der Waals surface area contributed by atoms with E-state index in [1.165, 1.54) is 12.4 Å². The first-order valence-electron chi connectivity index (χ1n) is 2.25. The Kier molecular flexibility index (Phi) is 1.89. The van der Waals surface area contributed by atoms with Gasteiger partial charge in [0.05, 0.1) is 12.4 Å². The van der Waals surface area contributed by atoms with E-state index in [1.54, 1.807) is 0 Å². The molecule has 1 aromatic rings. The molecule has 0 bridgehead atoms. The third-order valence-electron chi connectivity index (χ3n) is 0.745. The van der Waals surface area contributed by atoms with Crippen LogP contribution in [0.25, 0.3) is 0 Å². The zero-order valence-electron chi connectivity index (χ0n) is 4.41. The lowest BCUT2D eigenvalue weighted by atomic mass is 10.5. The summed E-state index contributed by atoms with van der Waals surface area (Å²) in [6, 6.07) is 0. The van der Waals surface area contributed by atoms with Gasteiger partial charge >= 0.3 is 0 Å². The lowest BCUT2D eigenvalue weighted by Crippen LogP contribution is -1.87. The third kappa shape index (κ3) is 1.57. The van der Waals surface area contributed by atoms with E-state index in [-0.39, 0.29) is 0 Å². The van der Waals surface area contributed by atoms with E-state index < -0.39 is 0 Å². The molecule has 1 aromatic heterocycles. The molecule has 0 atom stereocenters. The molecule has 9 heavy (non-hydrogen) atoms. The van der Waals surface area contributed by atoms with Gasteiger partial charge in [-0.25, -0.2) is 4.98 Å². The molecule has 0 radical (unpaired) electrons. The number of rotatable bonds is 1. The normalized spacial score (nSPS) is 9.00. The number of carbonyl (C=O) groups excluding carboxylic acids is 1. The van der Waals surface area contributed by atoms with E-state index in [4.69, 9.17) is 0 Å². The Morgan fingerprint density at radius 3 is 2.78 bits per heavy atom. The van der Waals surface area contributed by atoms with Gasteiger partial charge in [-0.05, 0) is 15.9 Å². The second kappa shape index (κ2) is 2.68. The zero-order valence-corrected chi connectivity index (χ0v) is 6.00. The van der Waals surface area contributed by atoms with Crippen LogP contribution in [0, 0.1) is 0 Å². The molecule has 0 spiro atoms. The first-order chi connectivity index (χ1) is 4.33. The third-order valence-corrected chi connectivity index (χ3v) is 1.13. The van der Waals surface area contributed by atoms with Crippen molar-refractivity contribution in [3.63, 3.8) is 0 Å². The molecule has 0 aromatic carbocycles. The Morgan fingerprint density at radius 2 is 2.33 bits per heavy atom. The van der Waals surface area contributed by atoms with E-state index in [2.05, 4.69) is 25.9 Å². The van der Waals surface area contributed by atoms with Gasteiger partial charge in [0.15, 0.2) is 6.29 Å². The minimum absolute atomic E-state index is 0.337. The maximum Gasteiger partial charge on any atom is 0.170 e. The van der Waals surface area contributed by atoms with Crippen LogP contribution in [0.1, 0.15) is 10.5 Å². The summed E-state index contributed by atoms with van der Waals surface area (Å²) in [5, 5.41) is 0. The van der Waals surface area contributed by atoms with Crippen LogP contribution in [0.2, 0.25) is 0 Å². The van der Waals surface area contributed by atoms with Crippen LogP contribution in [0.3, 0.4) is 0 Å². The van der Waals surface area contributed by atoms with Crippen LogP contribution in [0.5, 0.6) is 0 Å². The van der Waals surface area contributed by atoms with Gasteiger partial charge in [0.2, 0.25) is 0 Å². The Labute approximate surface area is 60.3 Å². The monoisotopic (exact) mass is 186 g/mol. The van der Waals surface area contributed by atoms with Gasteiger partial charge in [-0.1, -0.05) is 0 Å². The predicted molar refractivity (Wildman–Crippen MR) is 35.1 cm³/mol. The van der Waals surface area contributed by atoms with Crippen molar-refractivity contribution in [2.45, 2.75) is 0 Å².